The summed E-state index contributed by atoms with van der Waals surface area (Å²) in [5, 5.41) is 2.93. The Morgan fingerprint density at radius 3 is 2.23 bits per heavy atom. The second kappa shape index (κ2) is 8.83. The molecule has 3 rings (SSSR count). The number of carbonyl (C=O) groups excluding carboxylic acids is 1. The van der Waals surface area contributed by atoms with Crippen LogP contribution in [0, 0.1) is 0 Å². The number of hydrogen-bond donors (Lipinski definition) is 2. The van der Waals surface area contributed by atoms with E-state index in [1.165, 1.54) is 5.56 Å². The molecule has 0 bridgehead atoms. The molecule has 138 valence electrons. The number of nitrogens with zero attached hydrogens (tertiary/aromatic N) is 2. The van der Waals surface area contributed by atoms with Crippen molar-refractivity contribution in [1.82, 2.24) is 15.1 Å². The molecule has 0 atom stereocenters. The van der Waals surface area contributed by atoms with Crippen LogP contribution in [0.15, 0.2) is 48.5 Å². The normalized spacial score (nSPS) is 15.7. The van der Waals surface area contributed by atoms with Crippen molar-refractivity contribution in [3.8, 4) is 0 Å². The van der Waals surface area contributed by atoms with Crippen LogP contribution in [0.4, 0.5) is 5.69 Å². The van der Waals surface area contributed by atoms with Crippen molar-refractivity contribution in [3.63, 3.8) is 0 Å². The van der Waals surface area contributed by atoms with Crippen LogP contribution in [0.1, 0.15) is 28.4 Å². The average molecular weight is 352 g/mol. The maximum Gasteiger partial charge on any atom is 0.253 e. The molecule has 1 aliphatic rings. The van der Waals surface area contributed by atoms with E-state index in [1.54, 1.807) is 12.1 Å². The summed E-state index contributed by atoms with van der Waals surface area (Å²) in [7, 11) is 0. The largest absolute Gasteiger partial charge is 0.398 e. The molecular formula is C21H28N4O. The summed E-state index contributed by atoms with van der Waals surface area (Å²) >= 11 is 0. The first kappa shape index (κ1) is 18.4. The molecule has 0 aromatic heterocycles. The number of nitrogens with two attached hydrogens (primary N) is 1. The van der Waals surface area contributed by atoms with Crippen molar-refractivity contribution < 1.29 is 4.79 Å². The number of rotatable bonds is 6. The first-order valence-electron chi connectivity index (χ1n) is 9.31. The molecule has 1 heterocycles. The van der Waals surface area contributed by atoms with Crippen LogP contribution < -0.4 is 11.1 Å². The lowest BCUT2D eigenvalue weighted by Crippen LogP contribution is -2.45. The van der Waals surface area contributed by atoms with E-state index in [9.17, 15) is 4.79 Å². The lowest BCUT2D eigenvalue weighted by Gasteiger charge is -2.34. The number of anilines is 1. The van der Waals surface area contributed by atoms with Crippen molar-refractivity contribution in [3.05, 3.63) is 65.2 Å². The Bertz CT molecular complexity index is 721. The highest BCUT2D eigenvalue weighted by Gasteiger charge is 2.15. The van der Waals surface area contributed by atoms with Gasteiger partial charge >= 0.3 is 0 Å². The SMILES string of the molecule is CCN1CCN(Cc2ccc(CNC(=O)c3ccccc3N)cc2)CC1. The number of piperazine rings is 1. The van der Waals surface area contributed by atoms with Crippen molar-refractivity contribution in [2.75, 3.05) is 38.5 Å². The molecule has 1 saturated heterocycles. The fourth-order valence-electron chi connectivity index (χ4n) is 3.27. The van der Waals surface area contributed by atoms with E-state index in [-0.39, 0.29) is 5.91 Å². The van der Waals surface area contributed by atoms with Gasteiger partial charge in [-0.2, -0.15) is 0 Å². The molecule has 1 aliphatic heterocycles. The first-order chi connectivity index (χ1) is 12.7. The third-order valence-electron chi connectivity index (χ3n) is 5.00. The fraction of sp³-hybridized carbons (Fsp3) is 0.381. The Kier molecular flexibility index (Phi) is 6.26. The van der Waals surface area contributed by atoms with Crippen LogP contribution in [0.2, 0.25) is 0 Å². The summed E-state index contributed by atoms with van der Waals surface area (Å²) in [5.41, 5.74) is 9.28. The molecule has 5 nitrogen and oxygen atoms in total. The second-order valence-electron chi connectivity index (χ2n) is 6.80. The molecule has 0 saturated carbocycles. The number of amides is 1. The van der Waals surface area contributed by atoms with Gasteiger partial charge in [-0.25, -0.2) is 0 Å². The molecule has 0 aliphatic carbocycles. The van der Waals surface area contributed by atoms with Crippen LogP contribution in [0.3, 0.4) is 0 Å². The third kappa shape index (κ3) is 4.84. The minimum atomic E-state index is -0.138. The van der Waals surface area contributed by atoms with Crippen molar-refractivity contribution >= 4 is 11.6 Å². The lowest BCUT2D eigenvalue weighted by molar-refractivity contribution is 0.0952. The summed E-state index contributed by atoms with van der Waals surface area (Å²) < 4.78 is 0. The molecule has 2 aromatic carbocycles. The zero-order chi connectivity index (χ0) is 18.4. The maximum atomic E-state index is 12.2. The quantitative estimate of drug-likeness (QED) is 0.784. The summed E-state index contributed by atoms with van der Waals surface area (Å²) in [6.45, 7) is 9.43. The number of nitrogens with one attached hydrogen (secondary N) is 1. The summed E-state index contributed by atoms with van der Waals surface area (Å²) in [6, 6.07) is 15.6. The highest BCUT2D eigenvalue weighted by molar-refractivity contribution is 5.98. The molecule has 5 heteroatoms. The molecule has 3 N–H and O–H groups in total. The number of carbonyl (C=O) groups is 1. The zero-order valence-corrected chi connectivity index (χ0v) is 15.4. The third-order valence-corrected chi connectivity index (χ3v) is 5.00. The van der Waals surface area contributed by atoms with E-state index in [0.29, 0.717) is 17.8 Å². The molecule has 26 heavy (non-hydrogen) atoms. The Hall–Kier alpha value is -2.37. The minimum absolute atomic E-state index is 0.138. The maximum absolute atomic E-state index is 12.2. The van der Waals surface area contributed by atoms with Gasteiger partial charge in [0.1, 0.15) is 0 Å². The smallest absolute Gasteiger partial charge is 0.253 e. The molecule has 0 unspecified atom stereocenters. The van der Waals surface area contributed by atoms with E-state index >= 15 is 0 Å². The Labute approximate surface area is 155 Å². The predicted octanol–water partition coefficient (Wildman–Crippen LogP) is 2.34. The van der Waals surface area contributed by atoms with Gasteiger partial charge < -0.3 is 16.0 Å². The van der Waals surface area contributed by atoms with Crippen LogP contribution >= 0.6 is 0 Å². The van der Waals surface area contributed by atoms with Crippen molar-refractivity contribution in [1.29, 1.82) is 0 Å². The topological polar surface area (TPSA) is 61.6 Å². The summed E-state index contributed by atoms with van der Waals surface area (Å²) in [6.07, 6.45) is 0. The number of para-hydroxylation sites is 1. The number of benzene rings is 2. The standard InChI is InChI=1S/C21H28N4O/c1-2-24-11-13-25(14-12-24)16-18-9-7-17(8-10-18)15-23-21(26)19-5-3-4-6-20(19)22/h3-10H,2,11-16,22H2,1H3,(H,23,26). The predicted molar refractivity (Wildman–Crippen MR) is 106 cm³/mol. The molecule has 0 radical (unpaired) electrons. The number of hydrogen-bond acceptors (Lipinski definition) is 4. The monoisotopic (exact) mass is 352 g/mol. The Morgan fingerprint density at radius 2 is 1.58 bits per heavy atom. The van der Waals surface area contributed by atoms with E-state index in [4.69, 9.17) is 5.73 Å². The highest BCUT2D eigenvalue weighted by Crippen LogP contribution is 2.12. The van der Waals surface area contributed by atoms with Gasteiger partial charge in [0, 0.05) is 45.0 Å². The number of nitrogen functional groups attached to an aromatic ring is 1. The zero-order valence-electron chi connectivity index (χ0n) is 15.4. The lowest BCUT2D eigenvalue weighted by atomic mass is 10.1. The van der Waals surface area contributed by atoms with Crippen LogP contribution in [-0.2, 0) is 13.1 Å². The van der Waals surface area contributed by atoms with E-state index in [2.05, 4.69) is 46.3 Å². The molecule has 0 spiro atoms. The van der Waals surface area contributed by atoms with Crippen molar-refractivity contribution in [2.24, 2.45) is 0 Å². The van der Waals surface area contributed by atoms with Gasteiger partial charge in [0.25, 0.3) is 5.91 Å². The number of likely N-dealkylation sites (N-methyl/N-ethyl adjacent to an activating group) is 1. The summed E-state index contributed by atoms with van der Waals surface area (Å²) in [5.74, 6) is -0.138. The van der Waals surface area contributed by atoms with Crippen LogP contribution in [0.25, 0.3) is 0 Å². The highest BCUT2D eigenvalue weighted by atomic mass is 16.1. The Morgan fingerprint density at radius 1 is 0.962 bits per heavy atom. The van der Waals surface area contributed by atoms with Gasteiger partial charge in [-0.05, 0) is 29.8 Å². The minimum Gasteiger partial charge on any atom is -0.398 e. The first-order valence-corrected chi connectivity index (χ1v) is 9.31. The van der Waals surface area contributed by atoms with Gasteiger partial charge in [0.2, 0.25) is 0 Å². The average Bonchev–Trinajstić information content (AvgIpc) is 2.68. The molecule has 2 aromatic rings. The van der Waals surface area contributed by atoms with E-state index < -0.39 is 0 Å². The van der Waals surface area contributed by atoms with E-state index in [0.717, 1.165) is 44.8 Å². The van der Waals surface area contributed by atoms with Crippen LogP contribution in [0.5, 0.6) is 0 Å². The molecule has 1 amide bonds. The van der Waals surface area contributed by atoms with Gasteiger partial charge in [-0.1, -0.05) is 43.3 Å². The fourth-order valence-corrected chi connectivity index (χ4v) is 3.27. The molecular weight excluding hydrogens is 324 g/mol. The van der Waals surface area contributed by atoms with Crippen LogP contribution in [-0.4, -0.2) is 48.4 Å². The van der Waals surface area contributed by atoms with Gasteiger partial charge in [0.15, 0.2) is 0 Å². The van der Waals surface area contributed by atoms with Gasteiger partial charge in [0.05, 0.1) is 5.56 Å². The van der Waals surface area contributed by atoms with Gasteiger partial charge in [-0.15, -0.1) is 0 Å². The van der Waals surface area contributed by atoms with E-state index in [1.807, 2.05) is 12.1 Å². The van der Waals surface area contributed by atoms with Gasteiger partial charge in [-0.3, -0.25) is 9.69 Å². The summed E-state index contributed by atoms with van der Waals surface area (Å²) in [4.78, 5) is 17.2. The second-order valence-corrected chi connectivity index (χ2v) is 6.80. The molecule has 1 fully saturated rings. The van der Waals surface area contributed by atoms with Crippen molar-refractivity contribution in [2.45, 2.75) is 20.0 Å². The Balaban J connectivity index is 1.49.